The second kappa shape index (κ2) is 5.58. The lowest BCUT2D eigenvalue weighted by molar-refractivity contribution is 0.102. The molecule has 0 amide bonds. The molecule has 3 aromatic rings. The lowest BCUT2D eigenvalue weighted by Gasteiger charge is -2.00. The molecular formula is C17H14N2OS. The molecule has 104 valence electrons. The molecule has 0 spiro atoms. The Bertz CT molecular complexity index is 794. The number of aromatic nitrogens is 2. The van der Waals surface area contributed by atoms with E-state index in [0.717, 1.165) is 27.4 Å². The quantitative estimate of drug-likeness (QED) is 0.673. The molecule has 4 heteroatoms. The third-order valence-corrected chi connectivity index (χ3v) is 4.37. The molecule has 0 radical (unpaired) electrons. The summed E-state index contributed by atoms with van der Waals surface area (Å²) in [6.45, 7) is 3.62. The van der Waals surface area contributed by atoms with E-state index < -0.39 is 0 Å². The van der Waals surface area contributed by atoms with Gasteiger partial charge in [-0.05, 0) is 25.1 Å². The Morgan fingerprint density at radius 2 is 1.86 bits per heavy atom. The average Bonchev–Trinajstić information content (AvgIpc) is 2.93. The number of nitrogens with zero attached hydrogens (tertiary/aromatic N) is 2. The van der Waals surface area contributed by atoms with Crippen molar-refractivity contribution in [2.45, 2.75) is 13.8 Å². The molecule has 0 saturated carbocycles. The number of carbonyl (C=O) groups excluding carboxylic acids is 1. The first-order valence-corrected chi connectivity index (χ1v) is 7.46. The highest BCUT2D eigenvalue weighted by Crippen LogP contribution is 2.34. The Hall–Kier alpha value is -2.33. The van der Waals surface area contributed by atoms with E-state index in [9.17, 15) is 4.79 Å². The van der Waals surface area contributed by atoms with E-state index >= 15 is 0 Å². The Labute approximate surface area is 127 Å². The predicted octanol–water partition coefficient (Wildman–Crippen LogP) is 4.38. The summed E-state index contributed by atoms with van der Waals surface area (Å²) in [4.78, 5) is 21.3. The standard InChI is InChI=1S/C17H14N2OS/c1-11-4-3-5-14(10-11)15-16(12(2)20)21-17(19-15)13-6-8-18-9-7-13/h3-10H,1-2H3. The molecule has 0 aliphatic carbocycles. The van der Waals surface area contributed by atoms with Crippen LogP contribution in [0.5, 0.6) is 0 Å². The zero-order valence-electron chi connectivity index (χ0n) is 11.8. The number of hydrogen-bond donors (Lipinski definition) is 0. The van der Waals surface area contributed by atoms with E-state index in [0.29, 0.717) is 4.88 Å². The zero-order chi connectivity index (χ0) is 14.8. The van der Waals surface area contributed by atoms with Crippen molar-refractivity contribution >= 4 is 17.1 Å². The number of Topliss-reactive ketones (excluding diaryl/α,β-unsaturated/α-hetero) is 1. The third kappa shape index (κ3) is 2.76. The molecule has 1 aromatic carbocycles. The van der Waals surface area contributed by atoms with Gasteiger partial charge in [0, 0.05) is 30.4 Å². The van der Waals surface area contributed by atoms with Crippen LogP contribution in [0.1, 0.15) is 22.2 Å². The SMILES string of the molecule is CC(=O)c1sc(-c2ccncc2)nc1-c1cccc(C)c1. The van der Waals surface area contributed by atoms with Crippen molar-refractivity contribution in [3.63, 3.8) is 0 Å². The number of rotatable bonds is 3. The van der Waals surface area contributed by atoms with Gasteiger partial charge in [0.2, 0.25) is 0 Å². The van der Waals surface area contributed by atoms with Gasteiger partial charge >= 0.3 is 0 Å². The molecule has 3 rings (SSSR count). The normalized spacial score (nSPS) is 10.6. The number of benzene rings is 1. The van der Waals surface area contributed by atoms with Crippen molar-refractivity contribution in [2.75, 3.05) is 0 Å². The summed E-state index contributed by atoms with van der Waals surface area (Å²) in [6.07, 6.45) is 3.47. The Kier molecular flexibility index (Phi) is 3.62. The fourth-order valence-corrected chi connectivity index (χ4v) is 3.15. The van der Waals surface area contributed by atoms with Gasteiger partial charge in [-0.25, -0.2) is 4.98 Å². The Morgan fingerprint density at radius 1 is 1.10 bits per heavy atom. The minimum atomic E-state index is 0.0457. The van der Waals surface area contributed by atoms with Crippen molar-refractivity contribution in [1.29, 1.82) is 0 Å². The first kappa shape index (κ1) is 13.6. The first-order chi connectivity index (χ1) is 10.1. The summed E-state index contributed by atoms with van der Waals surface area (Å²) >= 11 is 1.43. The fraction of sp³-hybridized carbons (Fsp3) is 0.118. The van der Waals surface area contributed by atoms with Gasteiger partial charge in [-0.15, -0.1) is 11.3 Å². The van der Waals surface area contributed by atoms with Crippen LogP contribution in [0.25, 0.3) is 21.8 Å². The van der Waals surface area contributed by atoms with Crippen LogP contribution in [-0.2, 0) is 0 Å². The van der Waals surface area contributed by atoms with Gasteiger partial charge in [-0.3, -0.25) is 9.78 Å². The van der Waals surface area contributed by atoms with Crippen LogP contribution in [-0.4, -0.2) is 15.8 Å². The van der Waals surface area contributed by atoms with Crippen molar-refractivity contribution in [1.82, 2.24) is 9.97 Å². The molecule has 3 nitrogen and oxygen atoms in total. The van der Waals surface area contributed by atoms with Crippen molar-refractivity contribution < 1.29 is 4.79 Å². The molecule has 0 fully saturated rings. The Balaban J connectivity index is 2.16. The molecule has 0 aliphatic rings. The minimum Gasteiger partial charge on any atom is -0.294 e. The maximum atomic E-state index is 11.9. The molecule has 2 aromatic heterocycles. The molecular weight excluding hydrogens is 280 g/mol. The van der Waals surface area contributed by atoms with Gasteiger partial charge in [-0.2, -0.15) is 0 Å². The number of thiazole rings is 1. The topological polar surface area (TPSA) is 42.9 Å². The Morgan fingerprint density at radius 3 is 2.52 bits per heavy atom. The summed E-state index contributed by atoms with van der Waals surface area (Å²) in [7, 11) is 0. The first-order valence-electron chi connectivity index (χ1n) is 6.64. The van der Waals surface area contributed by atoms with Crippen LogP contribution in [0.15, 0.2) is 48.8 Å². The molecule has 0 bridgehead atoms. The van der Waals surface area contributed by atoms with E-state index in [-0.39, 0.29) is 5.78 Å². The summed E-state index contributed by atoms with van der Waals surface area (Å²) in [5.74, 6) is 0.0457. The predicted molar refractivity (Wildman–Crippen MR) is 85.5 cm³/mol. The van der Waals surface area contributed by atoms with Crippen LogP contribution in [0.3, 0.4) is 0 Å². The van der Waals surface area contributed by atoms with Crippen LogP contribution in [0.2, 0.25) is 0 Å². The largest absolute Gasteiger partial charge is 0.294 e. The lowest BCUT2D eigenvalue weighted by Crippen LogP contribution is -1.91. The van der Waals surface area contributed by atoms with Gasteiger partial charge in [0.15, 0.2) is 5.78 Å². The molecule has 0 unspecified atom stereocenters. The van der Waals surface area contributed by atoms with Crippen molar-refractivity contribution in [2.24, 2.45) is 0 Å². The van der Waals surface area contributed by atoms with Gasteiger partial charge in [0.05, 0.1) is 10.6 Å². The van der Waals surface area contributed by atoms with Crippen LogP contribution >= 0.6 is 11.3 Å². The monoisotopic (exact) mass is 294 g/mol. The summed E-state index contributed by atoms with van der Waals surface area (Å²) in [5, 5.41) is 0.846. The molecule has 0 saturated heterocycles. The van der Waals surface area contributed by atoms with E-state index in [2.05, 4.69) is 16.0 Å². The summed E-state index contributed by atoms with van der Waals surface area (Å²) in [6, 6.07) is 11.9. The number of aryl methyl sites for hydroxylation is 1. The second-order valence-corrected chi connectivity index (χ2v) is 5.86. The van der Waals surface area contributed by atoms with Crippen molar-refractivity contribution in [3.05, 3.63) is 59.2 Å². The average molecular weight is 294 g/mol. The number of hydrogen-bond acceptors (Lipinski definition) is 4. The fourth-order valence-electron chi connectivity index (χ4n) is 2.16. The second-order valence-electron chi connectivity index (χ2n) is 4.86. The highest BCUT2D eigenvalue weighted by molar-refractivity contribution is 7.17. The van der Waals surface area contributed by atoms with E-state index in [1.54, 1.807) is 19.3 Å². The molecule has 2 heterocycles. The van der Waals surface area contributed by atoms with E-state index in [1.807, 2.05) is 37.3 Å². The smallest absolute Gasteiger partial charge is 0.172 e. The van der Waals surface area contributed by atoms with Gasteiger partial charge in [-0.1, -0.05) is 23.8 Å². The van der Waals surface area contributed by atoms with Crippen LogP contribution < -0.4 is 0 Å². The van der Waals surface area contributed by atoms with Gasteiger partial charge < -0.3 is 0 Å². The summed E-state index contributed by atoms with van der Waals surface area (Å²) in [5.41, 5.74) is 3.89. The summed E-state index contributed by atoms with van der Waals surface area (Å²) < 4.78 is 0. The molecule has 0 aliphatic heterocycles. The molecule has 0 atom stereocenters. The molecule has 21 heavy (non-hydrogen) atoms. The zero-order valence-corrected chi connectivity index (χ0v) is 12.6. The van der Waals surface area contributed by atoms with Gasteiger partial charge in [0.25, 0.3) is 0 Å². The highest BCUT2D eigenvalue weighted by Gasteiger charge is 2.17. The third-order valence-electron chi connectivity index (χ3n) is 3.17. The van der Waals surface area contributed by atoms with Crippen LogP contribution in [0.4, 0.5) is 0 Å². The number of carbonyl (C=O) groups is 1. The van der Waals surface area contributed by atoms with E-state index in [4.69, 9.17) is 0 Å². The van der Waals surface area contributed by atoms with Crippen molar-refractivity contribution in [3.8, 4) is 21.8 Å². The van der Waals surface area contributed by atoms with E-state index in [1.165, 1.54) is 11.3 Å². The minimum absolute atomic E-state index is 0.0457. The highest BCUT2D eigenvalue weighted by atomic mass is 32.1. The molecule has 0 N–H and O–H groups in total. The maximum absolute atomic E-state index is 11.9. The van der Waals surface area contributed by atoms with Gasteiger partial charge in [0.1, 0.15) is 5.01 Å². The lowest BCUT2D eigenvalue weighted by atomic mass is 10.1. The maximum Gasteiger partial charge on any atom is 0.172 e. The van der Waals surface area contributed by atoms with Crippen LogP contribution in [0, 0.1) is 6.92 Å². The number of pyridine rings is 1. The number of ketones is 1.